The Morgan fingerprint density at radius 1 is 1.20 bits per heavy atom. The van der Waals surface area contributed by atoms with E-state index in [4.69, 9.17) is 27.9 Å². The lowest BCUT2D eigenvalue weighted by Gasteiger charge is -2.11. The Bertz CT molecular complexity index is 550. The van der Waals surface area contributed by atoms with E-state index in [1.807, 2.05) is 24.3 Å². The van der Waals surface area contributed by atoms with Crippen molar-refractivity contribution in [3.05, 3.63) is 57.8 Å². The molecule has 1 aromatic heterocycles. The zero-order valence-electron chi connectivity index (χ0n) is 10.9. The topological polar surface area (TPSA) is 34.1 Å². The van der Waals surface area contributed by atoms with Gasteiger partial charge in [-0.3, -0.25) is 4.98 Å². The fourth-order valence-corrected chi connectivity index (χ4v) is 2.41. The summed E-state index contributed by atoms with van der Waals surface area (Å²) in [6, 6.07) is 9.33. The van der Waals surface area contributed by atoms with Crippen molar-refractivity contribution in [2.45, 2.75) is 13.1 Å². The summed E-state index contributed by atoms with van der Waals surface area (Å²) in [5.74, 6) is 0.652. The maximum Gasteiger partial charge on any atom is 0.142 e. The van der Waals surface area contributed by atoms with Gasteiger partial charge in [-0.15, -0.1) is 0 Å². The molecule has 0 aliphatic heterocycles. The molecule has 108 valence electrons. The van der Waals surface area contributed by atoms with Gasteiger partial charge < -0.3 is 22.5 Å². The number of hydrogen-bond acceptors (Lipinski definition) is 3. The predicted molar refractivity (Wildman–Crippen MR) is 77.8 cm³/mol. The first kappa shape index (κ1) is 17.1. The minimum absolute atomic E-state index is 0. The fourth-order valence-electron chi connectivity index (χ4n) is 1.80. The van der Waals surface area contributed by atoms with E-state index in [1.54, 1.807) is 19.4 Å². The summed E-state index contributed by atoms with van der Waals surface area (Å²) in [7, 11) is 1.59. The van der Waals surface area contributed by atoms with Gasteiger partial charge in [0, 0.05) is 29.9 Å². The maximum absolute atomic E-state index is 6.08. The molecule has 1 aromatic carbocycles. The summed E-state index contributed by atoms with van der Waals surface area (Å²) in [5.41, 5.74) is 1.91. The standard InChI is InChI=1S/C14H14Cl2N2O.ClH/c1-19-14-10(6-11(15)7-13(14)16)8-17-9-12-4-2-3-5-18-12;/h2-7,17H,8-9H2,1H3;1H/p-1. The number of pyridine rings is 1. The van der Waals surface area contributed by atoms with Crippen LogP contribution in [0.25, 0.3) is 0 Å². The van der Waals surface area contributed by atoms with E-state index in [9.17, 15) is 0 Å². The Kier molecular flexibility index (Phi) is 7.10. The average Bonchev–Trinajstić information content (AvgIpc) is 2.39. The van der Waals surface area contributed by atoms with Gasteiger partial charge in [-0.25, -0.2) is 0 Å². The highest BCUT2D eigenvalue weighted by atomic mass is 35.5. The molecule has 0 aliphatic rings. The Balaban J connectivity index is 0.00000200. The molecular formula is C14H14Cl3N2O-. The van der Waals surface area contributed by atoms with Crippen LogP contribution in [0.3, 0.4) is 0 Å². The van der Waals surface area contributed by atoms with E-state index in [0.717, 1.165) is 11.3 Å². The molecule has 0 aliphatic carbocycles. The third kappa shape index (κ3) is 4.53. The van der Waals surface area contributed by atoms with E-state index >= 15 is 0 Å². The molecule has 20 heavy (non-hydrogen) atoms. The summed E-state index contributed by atoms with van der Waals surface area (Å²) in [6.45, 7) is 1.29. The predicted octanol–water partition coefficient (Wildman–Crippen LogP) is 0.691. The Labute approximate surface area is 134 Å². The Hall–Kier alpha value is -1.00. The normalized spacial score (nSPS) is 9.95. The van der Waals surface area contributed by atoms with Gasteiger partial charge >= 0.3 is 0 Å². The third-order valence-electron chi connectivity index (χ3n) is 2.64. The molecule has 2 rings (SSSR count). The maximum atomic E-state index is 6.08. The smallest absolute Gasteiger partial charge is 0.142 e. The number of aromatic nitrogens is 1. The molecule has 0 unspecified atom stereocenters. The first-order valence-corrected chi connectivity index (χ1v) is 6.59. The minimum Gasteiger partial charge on any atom is -1.00 e. The van der Waals surface area contributed by atoms with Gasteiger partial charge in [0.05, 0.1) is 17.8 Å². The SMILES string of the molecule is COc1c(Cl)cc(Cl)cc1CNCc1ccccn1.[Cl-]. The summed E-state index contributed by atoms with van der Waals surface area (Å²) >= 11 is 12.1. The molecule has 0 saturated carbocycles. The van der Waals surface area contributed by atoms with Gasteiger partial charge in [0.2, 0.25) is 0 Å². The lowest BCUT2D eigenvalue weighted by molar-refractivity contribution is -0.00000405. The first-order chi connectivity index (χ1) is 9.20. The Morgan fingerprint density at radius 3 is 2.65 bits per heavy atom. The van der Waals surface area contributed by atoms with Gasteiger partial charge in [0.15, 0.2) is 0 Å². The van der Waals surface area contributed by atoms with Crippen LogP contribution in [-0.4, -0.2) is 12.1 Å². The van der Waals surface area contributed by atoms with Crippen LogP contribution in [0.5, 0.6) is 5.75 Å². The molecule has 0 bridgehead atoms. The molecule has 0 atom stereocenters. The van der Waals surface area contributed by atoms with E-state index in [-0.39, 0.29) is 12.4 Å². The average molecular weight is 333 g/mol. The van der Waals surface area contributed by atoms with Crippen molar-refractivity contribution in [1.82, 2.24) is 10.3 Å². The van der Waals surface area contributed by atoms with Crippen LogP contribution in [0.1, 0.15) is 11.3 Å². The largest absolute Gasteiger partial charge is 1.00 e. The molecule has 0 fully saturated rings. The quantitative estimate of drug-likeness (QED) is 0.875. The number of methoxy groups -OCH3 is 1. The summed E-state index contributed by atoms with van der Waals surface area (Å²) in [5, 5.41) is 4.40. The number of hydrogen-bond donors (Lipinski definition) is 1. The second-order valence-corrected chi connectivity index (χ2v) is 4.85. The fraction of sp³-hybridized carbons (Fsp3) is 0.214. The number of ether oxygens (including phenoxy) is 1. The van der Waals surface area contributed by atoms with Gasteiger partial charge in [-0.2, -0.15) is 0 Å². The van der Waals surface area contributed by atoms with Crippen LogP contribution < -0.4 is 22.5 Å². The van der Waals surface area contributed by atoms with Crippen molar-refractivity contribution >= 4 is 23.2 Å². The van der Waals surface area contributed by atoms with Crippen molar-refractivity contribution in [1.29, 1.82) is 0 Å². The van der Waals surface area contributed by atoms with Gasteiger partial charge in [0.25, 0.3) is 0 Å². The van der Waals surface area contributed by atoms with Crippen molar-refractivity contribution in [2.24, 2.45) is 0 Å². The Morgan fingerprint density at radius 2 is 2.00 bits per heavy atom. The van der Waals surface area contributed by atoms with Gasteiger partial charge in [0.1, 0.15) is 5.75 Å². The molecule has 0 spiro atoms. The van der Waals surface area contributed by atoms with Crippen LogP contribution in [0.4, 0.5) is 0 Å². The lowest BCUT2D eigenvalue weighted by atomic mass is 10.2. The monoisotopic (exact) mass is 331 g/mol. The molecule has 1 N–H and O–H groups in total. The number of nitrogens with zero attached hydrogens (tertiary/aromatic N) is 1. The minimum atomic E-state index is 0. The van der Waals surface area contributed by atoms with E-state index in [0.29, 0.717) is 28.9 Å². The second-order valence-electron chi connectivity index (χ2n) is 4.00. The number of halogens is 3. The lowest BCUT2D eigenvalue weighted by Crippen LogP contribution is -3.00. The molecule has 3 nitrogen and oxygen atoms in total. The van der Waals surface area contributed by atoms with Crippen molar-refractivity contribution < 1.29 is 17.1 Å². The molecular weight excluding hydrogens is 319 g/mol. The number of benzene rings is 1. The number of nitrogens with one attached hydrogen (secondary N) is 1. The summed E-state index contributed by atoms with van der Waals surface area (Å²) < 4.78 is 5.29. The zero-order chi connectivity index (χ0) is 13.7. The van der Waals surface area contributed by atoms with Crippen LogP contribution in [0.15, 0.2) is 36.5 Å². The van der Waals surface area contributed by atoms with E-state index in [2.05, 4.69) is 10.3 Å². The van der Waals surface area contributed by atoms with Crippen LogP contribution in [0.2, 0.25) is 10.0 Å². The van der Waals surface area contributed by atoms with Crippen molar-refractivity contribution in [2.75, 3.05) is 7.11 Å². The highest BCUT2D eigenvalue weighted by Crippen LogP contribution is 2.32. The molecule has 0 saturated heterocycles. The van der Waals surface area contributed by atoms with E-state index < -0.39 is 0 Å². The van der Waals surface area contributed by atoms with Crippen LogP contribution in [0, 0.1) is 0 Å². The molecule has 0 radical (unpaired) electrons. The number of rotatable bonds is 5. The molecule has 6 heteroatoms. The summed E-state index contributed by atoms with van der Waals surface area (Å²) in [6.07, 6.45) is 1.77. The molecule has 1 heterocycles. The second kappa shape index (κ2) is 8.32. The van der Waals surface area contributed by atoms with Crippen molar-refractivity contribution in [3.63, 3.8) is 0 Å². The van der Waals surface area contributed by atoms with Gasteiger partial charge in [-0.05, 0) is 24.3 Å². The highest BCUT2D eigenvalue weighted by molar-refractivity contribution is 6.35. The van der Waals surface area contributed by atoms with Crippen LogP contribution >= 0.6 is 23.2 Å². The molecule has 0 amide bonds. The highest BCUT2D eigenvalue weighted by Gasteiger charge is 2.09. The van der Waals surface area contributed by atoms with Crippen LogP contribution in [-0.2, 0) is 13.1 Å². The van der Waals surface area contributed by atoms with Crippen molar-refractivity contribution in [3.8, 4) is 5.75 Å². The van der Waals surface area contributed by atoms with Gasteiger partial charge in [-0.1, -0.05) is 29.3 Å². The molecule has 2 aromatic rings. The third-order valence-corrected chi connectivity index (χ3v) is 3.14. The first-order valence-electron chi connectivity index (χ1n) is 5.83. The summed E-state index contributed by atoms with van der Waals surface area (Å²) in [4.78, 5) is 4.24. The van der Waals surface area contributed by atoms with E-state index in [1.165, 1.54) is 0 Å². The zero-order valence-corrected chi connectivity index (χ0v) is 13.1.